The van der Waals surface area contributed by atoms with Gasteiger partial charge in [-0.3, -0.25) is 19.2 Å². The number of nitrogens with one attached hydrogen (secondary N) is 1. The van der Waals surface area contributed by atoms with E-state index in [9.17, 15) is 24.0 Å². The second-order valence-electron chi connectivity index (χ2n) is 7.84. The number of rotatable bonds is 7. The SMILES string of the molecule is CC(=O)c1ccc(NC(=O)C(=O)[C@H](C(=O)c2ccc(Cl)c(Cl)c2)[C@@H]2OC(=O)c3ccccc32)cc1. The van der Waals surface area contributed by atoms with Crippen LogP contribution in [-0.2, 0) is 14.3 Å². The number of anilines is 1. The Morgan fingerprint density at radius 2 is 1.54 bits per heavy atom. The summed E-state index contributed by atoms with van der Waals surface area (Å²) in [6.07, 6.45) is -1.31. The Morgan fingerprint density at radius 1 is 0.886 bits per heavy atom. The van der Waals surface area contributed by atoms with Crippen molar-refractivity contribution >= 4 is 58.1 Å². The van der Waals surface area contributed by atoms with Crippen molar-refractivity contribution in [3.63, 3.8) is 0 Å². The molecule has 7 nitrogen and oxygen atoms in total. The number of fused-ring (bicyclic) bond motifs is 1. The molecular formula is C26H17Cl2NO6. The maximum Gasteiger partial charge on any atom is 0.339 e. The zero-order valence-electron chi connectivity index (χ0n) is 18.2. The van der Waals surface area contributed by atoms with Gasteiger partial charge in [-0.15, -0.1) is 0 Å². The van der Waals surface area contributed by atoms with Gasteiger partial charge in [0.05, 0.1) is 15.6 Å². The number of cyclic esters (lactones) is 1. The molecule has 1 N–H and O–H groups in total. The van der Waals surface area contributed by atoms with Gasteiger partial charge in [0, 0.05) is 22.4 Å². The average molecular weight is 510 g/mol. The number of Topliss-reactive ketones (excluding diaryl/α,β-unsaturated/α-hetero) is 3. The lowest BCUT2D eigenvalue weighted by atomic mass is 9.84. The first-order chi connectivity index (χ1) is 16.7. The Balaban J connectivity index is 1.69. The fraction of sp³-hybridized carbons (Fsp3) is 0.115. The molecule has 1 heterocycles. The average Bonchev–Trinajstić information content (AvgIpc) is 3.17. The van der Waals surface area contributed by atoms with Crippen molar-refractivity contribution in [2.24, 2.45) is 5.92 Å². The van der Waals surface area contributed by atoms with Crippen LogP contribution in [-0.4, -0.2) is 29.2 Å². The number of halogens is 2. The number of ether oxygens (including phenoxy) is 1. The molecule has 0 saturated carbocycles. The van der Waals surface area contributed by atoms with E-state index in [1.54, 1.807) is 18.2 Å². The first kappa shape index (κ1) is 24.3. The minimum atomic E-state index is -1.67. The normalized spacial score (nSPS) is 15.1. The second kappa shape index (κ2) is 9.82. The third kappa shape index (κ3) is 4.87. The smallest absolute Gasteiger partial charge is 0.339 e. The van der Waals surface area contributed by atoms with E-state index < -0.39 is 35.5 Å². The van der Waals surface area contributed by atoms with Crippen molar-refractivity contribution in [3.05, 3.63) is 99.0 Å². The molecule has 0 radical (unpaired) electrons. The van der Waals surface area contributed by atoms with E-state index in [2.05, 4.69) is 5.32 Å². The van der Waals surface area contributed by atoms with E-state index in [1.807, 2.05) is 0 Å². The molecule has 0 aromatic heterocycles. The highest BCUT2D eigenvalue weighted by atomic mass is 35.5. The molecule has 3 aromatic rings. The quantitative estimate of drug-likeness (QED) is 0.205. The maximum atomic E-state index is 13.5. The minimum Gasteiger partial charge on any atom is -0.453 e. The first-order valence-corrected chi connectivity index (χ1v) is 11.2. The number of benzene rings is 3. The van der Waals surface area contributed by atoms with Gasteiger partial charge in [-0.25, -0.2) is 4.79 Å². The number of carbonyl (C=O) groups excluding carboxylic acids is 5. The van der Waals surface area contributed by atoms with Crippen LogP contribution in [0.1, 0.15) is 49.7 Å². The van der Waals surface area contributed by atoms with Crippen molar-refractivity contribution in [2.75, 3.05) is 5.32 Å². The van der Waals surface area contributed by atoms with E-state index in [4.69, 9.17) is 27.9 Å². The molecule has 0 saturated heterocycles. The third-order valence-corrected chi connectivity index (χ3v) is 6.31. The molecule has 9 heteroatoms. The Morgan fingerprint density at radius 3 is 2.20 bits per heavy atom. The largest absolute Gasteiger partial charge is 0.453 e. The predicted octanol–water partition coefficient (Wildman–Crippen LogP) is 5.11. The molecule has 0 bridgehead atoms. The van der Waals surface area contributed by atoms with Crippen LogP contribution in [0.3, 0.4) is 0 Å². The lowest BCUT2D eigenvalue weighted by Crippen LogP contribution is -2.38. The summed E-state index contributed by atoms with van der Waals surface area (Å²) in [5.74, 6) is -5.48. The minimum absolute atomic E-state index is 0.0248. The number of ketones is 3. The molecule has 176 valence electrons. The maximum absolute atomic E-state index is 13.5. The molecule has 35 heavy (non-hydrogen) atoms. The van der Waals surface area contributed by atoms with Gasteiger partial charge in [-0.1, -0.05) is 41.4 Å². The van der Waals surface area contributed by atoms with Crippen LogP contribution in [0.25, 0.3) is 0 Å². The third-order valence-electron chi connectivity index (χ3n) is 5.57. The number of hydrogen-bond donors (Lipinski definition) is 1. The van der Waals surface area contributed by atoms with Gasteiger partial charge in [-0.05, 0) is 55.5 Å². The standard InChI is InChI=1S/C26H17Cl2NO6/c1-13(30)14-6-9-16(10-7-14)29-25(33)23(32)21(22(31)15-8-11-19(27)20(28)12-15)24-17-4-2-3-5-18(17)26(34)35-24/h2-12,21,24H,1H3,(H,29,33)/t21-,24+/m0/s1. The van der Waals surface area contributed by atoms with Gasteiger partial charge < -0.3 is 10.1 Å². The van der Waals surface area contributed by atoms with Crippen molar-refractivity contribution in [1.82, 2.24) is 0 Å². The van der Waals surface area contributed by atoms with E-state index >= 15 is 0 Å². The fourth-order valence-corrected chi connectivity index (χ4v) is 4.06. The second-order valence-corrected chi connectivity index (χ2v) is 8.65. The molecule has 0 unspecified atom stereocenters. The summed E-state index contributed by atoms with van der Waals surface area (Å²) in [4.78, 5) is 63.6. The van der Waals surface area contributed by atoms with Crippen molar-refractivity contribution in [2.45, 2.75) is 13.0 Å². The van der Waals surface area contributed by atoms with Crippen LogP contribution in [0.2, 0.25) is 10.0 Å². The van der Waals surface area contributed by atoms with Gasteiger partial charge in [0.25, 0.3) is 5.91 Å². The van der Waals surface area contributed by atoms with E-state index in [1.165, 1.54) is 55.5 Å². The molecule has 1 aliphatic rings. The van der Waals surface area contributed by atoms with Crippen LogP contribution in [0.15, 0.2) is 66.7 Å². The Labute approximate surface area is 210 Å². The summed E-state index contributed by atoms with van der Waals surface area (Å²) in [5.41, 5.74) is 1.23. The van der Waals surface area contributed by atoms with Crippen LogP contribution in [0.5, 0.6) is 0 Å². The number of carbonyl (C=O) groups is 5. The Hall–Kier alpha value is -3.81. The van der Waals surface area contributed by atoms with E-state index in [0.29, 0.717) is 11.1 Å². The molecule has 1 aliphatic heterocycles. The van der Waals surface area contributed by atoms with Crippen molar-refractivity contribution in [3.8, 4) is 0 Å². The van der Waals surface area contributed by atoms with Gasteiger partial charge in [0.1, 0.15) is 12.0 Å². The first-order valence-electron chi connectivity index (χ1n) is 10.4. The predicted molar refractivity (Wildman–Crippen MR) is 129 cm³/mol. The zero-order chi connectivity index (χ0) is 25.3. The highest BCUT2D eigenvalue weighted by molar-refractivity contribution is 6.46. The Kier molecular flexibility index (Phi) is 6.82. The number of esters is 1. The molecule has 0 aliphatic carbocycles. The van der Waals surface area contributed by atoms with Gasteiger partial charge in [0.15, 0.2) is 11.6 Å². The van der Waals surface area contributed by atoms with Crippen molar-refractivity contribution in [1.29, 1.82) is 0 Å². The highest BCUT2D eigenvalue weighted by Gasteiger charge is 2.46. The van der Waals surface area contributed by atoms with E-state index in [-0.39, 0.29) is 32.6 Å². The molecule has 0 spiro atoms. The Bertz CT molecular complexity index is 1380. The summed E-state index contributed by atoms with van der Waals surface area (Å²) < 4.78 is 5.40. The highest BCUT2D eigenvalue weighted by Crippen LogP contribution is 2.38. The molecule has 2 atom stereocenters. The molecule has 4 rings (SSSR count). The fourth-order valence-electron chi connectivity index (χ4n) is 3.77. The molecule has 0 fully saturated rings. The molecular weight excluding hydrogens is 493 g/mol. The molecule has 3 aromatic carbocycles. The number of hydrogen-bond acceptors (Lipinski definition) is 6. The lowest BCUT2D eigenvalue weighted by molar-refractivity contribution is -0.138. The van der Waals surface area contributed by atoms with Gasteiger partial charge >= 0.3 is 5.97 Å². The van der Waals surface area contributed by atoms with Crippen LogP contribution in [0.4, 0.5) is 5.69 Å². The summed E-state index contributed by atoms with van der Waals surface area (Å²) in [6, 6.07) is 16.3. The summed E-state index contributed by atoms with van der Waals surface area (Å²) in [6.45, 7) is 1.40. The number of amides is 1. The van der Waals surface area contributed by atoms with Crippen LogP contribution in [0, 0.1) is 5.92 Å². The van der Waals surface area contributed by atoms with Crippen LogP contribution < -0.4 is 5.32 Å². The van der Waals surface area contributed by atoms with Gasteiger partial charge in [-0.2, -0.15) is 0 Å². The summed E-state index contributed by atoms with van der Waals surface area (Å²) >= 11 is 12.0. The summed E-state index contributed by atoms with van der Waals surface area (Å²) in [5, 5.41) is 2.72. The van der Waals surface area contributed by atoms with Crippen LogP contribution >= 0.6 is 23.2 Å². The topological polar surface area (TPSA) is 107 Å². The van der Waals surface area contributed by atoms with Gasteiger partial charge in [0.2, 0.25) is 5.78 Å². The molecule has 1 amide bonds. The van der Waals surface area contributed by atoms with E-state index in [0.717, 1.165) is 0 Å². The van der Waals surface area contributed by atoms with Crippen molar-refractivity contribution < 1.29 is 28.7 Å². The lowest BCUT2D eigenvalue weighted by Gasteiger charge is -2.21. The summed E-state index contributed by atoms with van der Waals surface area (Å²) in [7, 11) is 0. The zero-order valence-corrected chi connectivity index (χ0v) is 19.7. The monoisotopic (exact) mass is 509 g/mol.